The second kappa shape index (κ2) is 9.05. The molecule has 7 nitrogen and oxygen atoms in total. The largest absolute Gasteiger partial charge is 0.457 e. The van der Waals surface area contributed by atoms with Crippen molar-refractivity contribution in [2.24, 2.45) is 0 Å². The lowest BCUT2D eigenvalue weighted by Crippen LogP contribution is -2.22. The van der Waals surface area contributed by atoms with Gasteiger partial charge in [-0.25, -0.2) is 9.67 Å². The van der Waals surface area contributed by atoms with Gasteiger partial charge in [0.2, 0.25) is 0 Å². The lowest BCUT2D eigenvalue weighted by Gasteiger charge is -2.16. The van der Waals surface area contributed by atoms with Crippen LogP contribution in [0, 0.1) is 0 Å². The third-order valence-corrected chi connectivity index (χ3v) is 6.66. The molecular formula is C23H28N4O3Si. The molecule has 3 heterocycles. The van der Waals surface area contributed by atoms with Gasteiger partial charge in [0, 0.05) is 44.9 Å². The number of aliphatic hydroxyl groups is 1. The zero-order valence-corrected chi connectivity index (χ0v) is 19.2. The summed E-state index contributed by atoms with van der Waals surface area (Å²) < 4.78 is 15.6. The maximum atomic E-state index is 9.24. The lowest BCUT2D eigenvalue weighted by atomic mass is 10.1. The third kappa shape index (κ3) is 5.41. The van der Waals surface area contributed by atoms with Crippen LogP contribution in [0.3, 0.4) is 0 Å². The SMILES string of the molecule is C[Si](C)(C)CCOCn1nccc1-c1ccc(Oc2ccn3cc(CO)nc3c2)cc1. The predicted octanol–water partition coefficient (Wildman–Crippen LogP) is 4.79. The van der Waals surface area contributed by atoms with Crippen LogP contribution in [-0.2, 0) is 18.1 Å². The first-order valence-electron chi connectivity index (χ1n) is 10.4. The molecule has 1 aromatic carbocycles. The molecule has 0 bridgehead atoms. The summed E-state index contributed by atoms with van der Waals surface area (Å²) in [6.07, 6.45) is 5.46. The van der Waals surface area contributed by atoms with Crippen molar-refractivity contribution in [2.45, 2.75) is 39.0 Å². The van der Waals surface area contributed by atoms with E-state index in [1.807, 2.05) is 57.7 Å². The first-order valence-corrected chi connectivity index (χ1v) is 14.1. The molecule has 162 valence electrons. The van der Waals surface area contributed by atoms with E-state index in [1.165, 1.54) is 0 Å². The Hall–Kier alpha value is -2.94. The zero-order valence-electron chi connectivity index (χ0n) is 18.2. The smallest absolute Gasteiger partial charge is 0.140 e. The molecule has 4 rings (SSSR count). The van der Waals surface area contributed by atoms with E-state index < -0.39 is 8.07 Å². The highest BCUT2D eigenvalue weighted by atomic mass is 28.3. The highest BCUT2D eigenvalue weighted by Gasteiger charge is 2.13. The summed E-state index contributed by atoms with van der Waals surface area (Å²) in [5.74, 6) is 1.43. The molecule has 0 atom stereocenters. The summed E-state index contributed by atoms with van der Waals surface area (Å²) in [6.45, 7) is 8.17. The van der Waals surface area contributed by atoms with E-state index in [4.69, 9.17) is 9.47 Å². The minimum Gasteiger partial charge on any atom is -0.457 e. The molecule has 0 spiro atoms. The molecule has 31 heavy (non-hydrogen) atoms. The minimum atomic E-state index is -1.10. The van der Waals surface area contributed by atoms with Crippen LogP contribution in [0.2, 0.25) is 25.7 Å². The number of hydrogen-bond donors (Lipinski definition) is 1. The van der Waals surface area contributed by atoms with Gasteiger partial charge in [0.25, 0.3) is 0 Å². The second-order valence-electron chi connectivity index (χ2n) is 8.71. The molecule has 0 aliphatic heterocycles. The first-order chi connectivity index (χ1) is 14.9. The molecule has 0 amide bonds. The Morgan fingerprint density at radius 3 is 2.58 bits per heavy atom. The Morgan fingerprint density at radius 2 is 1.84 bits per heavy atom. The number of aromatic nitrogens is 4. The van der Waals surface area contributed by atoms with E-state index in [0.29, 0.717) is 18.2 Å². The van der Waals surface area contributed by atoms with Crippen molar-refractivity contribution in [1.82, 2.24) is 19.2 Å². The molecule has 1 N–H and O–H groups in total. The van der Waals surface area contributed by atoms with Gasteiger partial charge < -0.3 is 19.0 Å². The number of fused-ring (bicyclic) bond motifs is 1. The number of benzene rings is 1. The van der Waals surface area contributed by atoms with Crippen molar-refractivity contribution < 1.29 is 14.6 Å². The molecule has 0 unspecified atom stereocenters. The van der Waals surface area contributed by atoms with Crippen LogP contribution in [0.15, 0.2) is 61.1 Å². The predicted molar refractivity (Wildman–Crippen MR) is 123 cm³/mol. The molecular weight excluding hydrogens is 408 g/mol. The van der Waals surface area contributed by atoms with Crippen LogP contribution >= 0.6 is 0 Å². The average molecular weight is 437 g/mol. The van der Waals surface area contributed by atoms with Crippen molar-refractivity contribution in [1.29, 1.82) is 0 Å². The number of hydrogen-bond acceptors (Lipinski definition) is 5. The van der Waals surface area contributed by atoms with Crippen molar-refractivity contribution in [2.75, 3.05) is 6.61 Å². The van der Waals surface area contributed by atoms with Gasteiger partial charge in [-0.05, 0) is 42.4 Å². The minimum absolute atomic E-state index is 0.0841. The molecule has 0 saturated carbocycles. The van der Waals surface area contributed by atoms with Crippen molar-refractivity contribution >= 4 is 13.7 Å². The summed E-state index contributed by atoms with van der Waals surface area (Å²) in [4.78, 5) is 4.35. The van der Waals surface area contributed by atoms with E-state index in [2.05, 4.69) is 29.7 Å². The Kier molecular flexibility index (Phi) is 6.22. The first kappa shape index (κ1) is 21.3. The van der Waals surface area contributed by atoms with E-state index >= 15 is 0 Å². The maximum Gasteiger partial charge on any atom is 0.140 e. The number of aliphatic hydroxyl groups excluding tert-OH is 1. The number of pyridine rings is 1. The molecule has 0 fully saturated rings. The van der Waals surface area contributed by atoms with Crippen LogP contribution in [0.4, 0.5) is 0 Å². The van der Waals surface area contributed by atoms with E-state index in [9.17, 15) is 5.11 Å². The molecule has 8 heteroatoms. The Bertz CT molecular complexity index is 1150. The van der Waals surface area contributed by atoms with Gasteiger partial charge in [-0.1, -0.05) is 19.6 Å². The van der Waals surface area contributed by atoms with Gasteiger partial charge in [-0.3, -0.25) is 0 Å². The van der Waals surface area contributed by atoms with Gasteiger partial charge in [0.05, 0.1) is 18.0 Å². The zero-order chi connectivity index (χ0) is 21.8. The molecule has 0 radical (unpaired) electrons. The Labute approximate surface area is 182 Å². The average Bonchev–Trinajstić information content (AvgIpc) is 3.37. The molecule has 0 aliphatic rings. The van der Waals surface area contributed by atoms with Crippen molar-refractivity contribution in [3.63, 3.8) is 0 Å². The second-order valence-corrected chi connectivity index (χ2v) is 14.3. The van der Waals surface area contributed by atoms with E-state index in [1.54, 1.807) is 12.4 Å². The van der Waals surface area contributed by atoms with Gasteiger partial charge in [0.1, 0.15) is 23.9 Å². The van der Waals surface area contributed by atoms with Gasteiger partial charge >= 0.3 is 0 Å². The summed E-state index contributed by atoms with van der Waals surface area (Å²) in [6, 6.07) is 14.8. The molecule has 0 saturated heterocycles. The monoisotopic (exact) mass is 436 g/mol. The summed E-state index contributed by atoms with van der Waals surface area (Å²) >= 11 is 0. The van der Waals surface area contributed by atoms with Crippen LogP contribution < -0.4 is 4.74 Å². The van der Waals surface area contributed by atoms with Crippen LogP contribution in [0.1, 0.15) is 5.69 Å². The van der Waals surface area contributed by atoms with Crippen LogP contribution in [-0.4, -0.2) is 39.0 Å². The molecule has 3 aromatic heterocycles. The number of rotatable bonds is 9. The summed E-state index contributed by atoms with van der Waals surface area (Å²) in [5.41, 5.74) is 3.42. The maximum absolute atomic E-state index is 9.24. The molecule has 0 aliphatic carbocycles. The number of ether oxygens (including phenoxy) is 2. The van der Waals surface area contributed by atoms with E-state index in [-0.39, 0.29) is 6.61 Å². The highest BCUT2D eigenvalue weighted by Crippen LogP contribution is 2.26. The van der Waals surface area contributed by atoms with Crippen molar-refractivity contribution in [3.05, 3.63) is 66.7 Å². The Morgan fingerprint density at radius 1 is 1.03 bits per heavy atom. The fourth-order valence-corrected chi connectivity index (χ4v) is 3.95. The molecule has 4 aromatic rings. The lowest BCUT2D eigenvalue weighted by molar-refractivity contribution is 0.0798. The number of nitrogens with zero attached hydrogens (tertiary/aromatic N) is 4. The fraction of sp³-hybridized carbons (Fsp3) is 0.304. The van der Waals surface area contributed by atoms with E-state index in [0.717, 1.165) is 35.3 Å². The van der Waals surface area contributed by atoms with Gasteiger partial charge in [-0.2, -0.15) is 5.10 Å². The standard InChI is InChI=1S/C23H28N4O3Si/c1-31(2,3)13-12-29-17-27-22(8-10-24-27)18-4-6-20(7-5-18)30-21-9-11-26-15-19(16-28)25-23(26)14-21/h4-11,14-15,28H,12-13,16-17H2,1-3H3. The van der Waals surface area contributed by atoms with Crippen LogP contribution in [0.25, 0.3) is 16.9 Å². The highest BCUT2D eigenvalue weighted by molar-refractivity contribution is 6.76. The van der Waals surface area contributed by atoms with Crippen molar-refractivity contribution in [3.8, 4) is 22.8 Å². The third-order valence-electron chi connectivity index (χ3n) is 4.96. The quantitative estimate of drug-likeness (QED) is 0.301. The normalized spacial score (nSPS) is 11.9. The number of imidazole rings is 1. The van der Waals surface area contributed by atoms with Crippen LogP contribution in [0.5, 0.6) is 11.5 Å². The Balaban J connectivity index is 1.41. The summed E-state index contributed by atoms with van der Waals surface area (Å²) in [7, 11) is -1.10. The van der Waals surface area contributed by atoms with Gasteiger partial charge in [0.15, 0.2) is 0 Å². The van der Waals surface area contributed by atoms with Gasteiger partial charge in [-0.15, -0.1) is 0 Å². The fourth-order valence-electron chi connectivity index (χ4n) is 3.20. The summed E-state index contributed by atoms with van der Waals surface area (Å²) in [5, 5.41) is 13.6. The topological polar surface area (TPSA) is 73.8 Å².